The molecular formula is C28H28O7. The number of rotatable bonds is 13. The van der Waals surface area contributed by atoms with E-state index in [9.17, 15) is 14.7 Å². The summed E-state index contributed by atoms with van der Waals surface area (Å²) < 4.78 is 16.8. The minimum absolute atomic E-state index is 0.243. The summed E-state index contributed by atoms with van der Waals surface area (Å²) in [5.74, 6) is -0.532. The van der Waals surface area contributed by atoms with Crippen LogP contribution in [0.2, 0.25) is 0 Å². The number of aromatic carboxylic acids is 1. The Morgan fingerprint density at radius 2 is 1.60 bits per heavy atom. The third-order valence-electron chi connectivity index (χ3n) is 5.11. The molecule has 1 unspecified atom stereocenters. The molecule has 0 aliphatic carbocycles. The van der Waals surface area contributed by atoms with Crippen molar-refractivity contribution in [2.24, 2.45) is 0 Å². The van der Waals surface area contributed by atoms with Gasteiger partial charge < -0.3 is 24.4 Å². The lowest BCUT2D eigenvalue weighted by atomic mass is 10.1. The van der Waals surface area contributed by atoms with Crippen molar-refractivity contribution in [3.05, 3.63) is 101 Å². The summed E-state index contributed by atoms with van der Waals surface area (Å²) in [4.78, 5) is 22.2. The van der Waals surface area contributed by atoms with Crippen LogP contribution in [0, 0.1) is 0 Å². The predicted molar refractivity (Wildman–Crippen MR) is 132 cm³/mol. The lowest BCUT2D eigenvalue weighted by Crippen LogP contribution is -2.26. The summed E-state index contributed by atoms with van der Waals surface area (Å²) in [5.41, 5.74) is 2.95. The number of aliphatic carboxylic acids is 1. The highest BCUT2D eigenvalue weighted by atomic mass is 16.5. The highest BCUT2D eigenvalue weighted by Crippen LogP contribution is 2.18. The second kappa shape index (κ2) is 13.0. The molecule has 0 aliphatic rings. The maximum absolute atomic E-state index is 11.2. The molecule has 3 rings (SSSR count). The number of ether oxygens (including phenoxy) is 3. The van der Waals surface area contributed by atoms with Crippen LogP contribution in [-0.4, -0.2) is 41.5 Å². The van der Waals surface area contributed by atoms with Crippen LogP contribution in [0.1, 0.15) is 34.0 Å². The van der Waals surface area contributed by atoms with E-state index in [1.165, 1.54) is 0 Å². The van der Waals surface area contributed by atoms with E-state index in [-0.39, 0.29) is 5.56 Å². The van der Waals surface area contributed by atoms with Gasteiger partial charge in [-0.3, -0.25) is 0 Å². The topological polar surface area (TPSA) is 102 Å². The van der Waals surface area contributed by atoms with Gasteiger partial charge >= 0.3 is 11.9 Å². The molecule has 7 nitrogen and oxygen atoms in total. The quantitative estimate of drug-likeness (QED) is 0.354. The van der Waals surface area contributed by atoms with E-state index in [0.717, 1.165) is 16.7 Å². The molecule has 0 spiro atoms. The van der Waals surface area contributed by atoms with E-state index >= 15 is 0 Å². The zero-order valence-corrected chi connectivity index (χ0v) is 19.4. The van der Waals surface area contributed by atoms with Crippen molar-refractivity contribution in [1.29, 1.82) is 0 Å². The molecule has 0 radical (unpaired) electrons. The van der Waals surface area contributed by atoms with Crippen LogP contribution < -0.4 is 9.47 Å². The third-order valence-corrected chi connectivity index (χ3v) is 5.11. The number of carboxylic acids is 2. The fraction of sp³-hybridized carbons (Fsp3) is 0.214. The van der Waals surface area contributed by atoms with Crippen LogP contribution in [0.4, 0.5) is 0 Å². The summed E-state index contributed by atoms with van der Waals surface area (Å²) >= 11 is 0. The molecule has 35 heavy (non-hydrogen) atoms. The molecule has 3 aromatic carbocycles. The number of benzene rings is 3. The SMILES string of the molecule is CCOC(Cc1ccc(OC/C=C/c2cccc(OCc3ccc(C(=O)O)cc3)c2)cc1)C(=O)O. The van der Waals surface area contributed by atoms with Crippen LogP contribution in [-0.2, 0) is 22.6 Å². The smallest absolute Gasteiger partial charge is 0.335 e. The number of carboxylic acid groups (broad SMARTS) is 2. The number of hydrogen-bond donors (Lipinski definition) is 2. The van der Waals surface area contributed by atoms with Gasteiger partial charge in [-0.15, -0.1) is 0 Å². The zero-order valence-electron chi connectivity index (χ0n) is 19.4. The molecule has 2 N–H and O–H groups in total. The Kier molecular flexibility index (Phi) is 9.45. The Morgan fingerprint density at radius 3 is 2.26 bits per heavy atom. The van der Waals surface area contributed by atoms with Crippen LogP contribution in [0.3, 0.4) is 0 Å². The minimum atomic E-state index is -0.971. The van der Waals surface area contributed by atoms with Crippen LogP contribution >= 0.6 is 0 Å². The highest BCUT2D eigenvalue weighted by Gasteiger charge is 2.17. The van der Waals surface area contributed by atoms with Crippen LogP contribution in [0.15, 0.2) is 78.9 Å². The van der Waals surface area contributed by atoms with Crippen molar-refractivity contribution < 1.29 is 34.0 Å². The fourth-order valence-corrected chi connectivity index (χ4v) is 3.30. The van der Waals surface area contributed by atoms with Gasteiger partial charge in [0.05, 0.1) is 5.56 Å². The van der Waals surface area contributed by atoms with Crippen molar-refractivity contribution >= 4 is 18.0 Å². The zero-order chi connectivity index (χ0) is 25.0. The number of hydrogen-bond acceptors (Lipinski definition) is 5. The third kappa shape index (κ3) is 8.32. The van der Waals surface area contributed by atoms with Gasteiger partial charge in [0.15, 0.2) is 6.10 Å². The van der Waals surface area contributed by atoms with Crippen molar-refractivity contribution in [3.8, 4) is 11.5 Å². The molecule has 0 aliphatic heterocycles. The predicted octanol–water partition coefficient (Wildman–Crippen LogP) is 5.09. The van der Waals surface area contributed by atoms with Gasteiger partial charge in [0.25, 0.3) is 0 Å². The van der Waals surface area contributed by atoms with Crippen LogP contribution in [0.5, 0.6) is 11.5 Å². The van der Waals surface area contributed by atoms with Gasteiger partial charge in [-0.25, -0.2) is 9.59 Å². The first kappa shape index (κ1) is 25.5. The van der Waals surface area contributed by atoms with Gasteiger partial charge in [0.2, 0.25) is 0 Å². The lowest BCUT2D eigenvalue weighted by Gasteiger charge is -2.12. The van der Waals surface area contributed by atoms with E-state index in [1.807, 2.05) is 60.7 Å². The summed E-state index contributed by atoms with van der Waals surface area (Å²) in [6.07, 6.45) is 3.28. The van der Waals surface area contributed by atoms with Crippen molar-refractivity contribution in [2.45, 2.75) is 26.1 Å². The first-order valence-corrected chi connectivity index (χ1v) is 11.2. The van der Waals surface area contributed by atoms with Crippen molar-refractivity contribution in [2.75, 3.05) is 13.2 Å². The van der Waals surface area contributed by atoms with Crippen molar-refractivity contribution in [3.63, 3.8) is 0 Å². The Bertz CT molecular complexity index is 1130. The maximum Gasteiger partial charge on any atom is 0.335 e. The van der Waals surface area contributed by atoms with E-state index in [2.05, 4.69) is 0 Å². The van der Waals surface area contributed by atoms with Crippen LogP contribution in [0.25, 0.3) is 6.08 Å². The summed E-state index contributed by atoms with van der Waals surface area (Å²) in [6.45, 7) is 2.83. The Morgan fingerprint density at radius 1 is 0.886 bits per heavy atom. The molecule has 0 fully saturated rings. The van der Waals surface area contributed by atoms with E-state index < -0.39 is 18.0 Å². The lowest BCUT2D eigenvalue weighted by molar-refractivity contribution is -0.149. The molecule has 0 saturated heterocycles. The maximum atomic E-state index is 11.2. The van der Waals surface area contributed by atoms with E-state index in [0.29, 0.717) is 37.7 Å². The number of carbonyl (C=O) groups is 2. The Hall–Kier alpha value is -4.10. The molecule has 7 heteroatoms. The van der Waals surface area contributed by atoms with Gasteiger partial charge in [-0.05, 0) is 66.1 Å². The summed E-state index contributed by atoms with van der Waals surface area (Å²) in [5, 5.41) is 18.2. The van der Waals surface area contributed by atoms with Gasteiger partial charge in [-0.1, -0.05) is 42.5 Å². The second-order valence-corrected chi connectivity index (χ2v) is 7.71. The largest absolute Gasteiger partial charge is 0.490 e. The molecule has 0 bridgehead atoms. The molecule has 0 heterocycles. The first-order valence-electron chi connectivity index (χ1n) is 11.2. The van der Waals surface area contributed by atoms with Gasteiger partial charge in [-0.2, -0.15) is 0 Å². The summed E-state index contributed by atoms with van der Waals surface area (Å²) in [6, 6.07) is 21.5. The van der Waals surface area contributed by atoms with Gasteiger partial charge in [0, 0.05) is 13.0 Å². The monoisotopic (exact) mass is 476 g/mol. The fourth-order valence-electron chi connectivity index (χ4n) is 3.30. The molecule has 0 aromatic heterocycles. The molecule has 0 saturated carbocycles. The average Bonchev–Trinajstić information content (AvgIpc) is 2.86. The average molecular weight is 477 g/mol. The summed E-state index contributed by atoms with van der Waals surface area (Å²) in [7, 11) is 0. The minimum Gasteiger partial charge on any atom is -0.490 e. The standard InChI is InChI=1S/C28H28O7/c1-2-33-26(28(31)32)18-21-10-14-24(15-11-21)34-16-4-6-20-5-3-7-25(17-20)35-19-22-8-12-23(13-9-22)27(29)30/h3-15,17,26H,2,16,18-19H2,1H3,(H,29,30)(H,31,32)/b6-4+. The molecule has 3 aromatic rings. The Labute approximate surface area is 204 Å². The molecular weight excluding hydrogens is 448 g/mol. The normalized spacial score (nSPS) is 11.8. The van der Waals surface area contributed by atoms with Crippen molar-refractivity contribution in [1.82, 2.24) is 0 Å². The molecule has 182 valence electrons. The highest BCUT2D eigenvalue weighted by molar-refractivity contribution is 5.87. The van der Waals surface area contributed by atoms with Gasteiger partial charge in [0.1, 0.15) is 24.7 Å². The van der Waals surface area contributed by atoms with E-state index in [1.54, 1.807) is 31.2 Å². The Balaban J connectivity index is 1.47. The van der Waals surface area contributed by atoms with E-state index in [4.69, 9.17) is 19.3 Å². The molecule has 0 amide bonds. The first-order chi connectivity index (χ1) is 16.9. The second-order valence-electron chi connectivity index (χ2n) is 7.71. The molecule has 1 atom stereocenters.